The van der Waals surface area contributed by atoms with E-state index >= 15 is 0 Å². The molecule has 4 rings (SSSR count). The Morgan fingerprint density at radius 1 is 1.06 bits per heavy atom. The molecule has 0 bridgehead atoms. The number of carbonyl (C=O) groups excluding carboxylic acids is 4. The lowest BCUT2D eigenvalue weighted by atomic mass is 9.87. The minimum atomic E-state index is -5.95. The summed E-state index contributed by atoms with van der Waals surface area (Å²) >= 11 is 0.773. The predicted octanol–water partition coefficient (Wildman–Crippen LogP) is -3.33. The number of amides is 2. The number of carbonyl (C=O) groups is 4. The molecular weight excluding hydrogens is 923 g/mol. The van der Waals surface area contributed by atoms with Crippen molar-refractivity contribution < 1.29 is 90.4 Å². The average Bonchev–Trinajstić information content (AvgIpc) is 3.74. The van der Waals surface area contributed by atoms with Gasteiger partial charge in [-0.05, 0) is 18.6 Å². The highest BCUT2D eigenvalue weighted by molar-refractivity contribution is 8.14. The van der Waals surface area contributed by atoms with Crippen molar-refractivity contribution >= 4 is 81.2 Å². The molecule has 2 amide bonds. The second kappa shape index (κ2) is 21.8. The molecule has 1 fully saturated rings. The first-order chi connectivity index (χ1) is 29.3. The molecule has 1 aliphatic heterocycles. The van der Waals surface area contributed by atoms with Gasteiger partial charge in [-0.15, -0.1) is 0 Å². The van der Waals surface area contributed by atoms with E-state index in [-0.39, 0.29) is 47.8 Å². The Kier molecular flexibility index (Phi) is 17.8. The number of aromatic nitrogens is 4. The number of phosphoric ester groups is 3. The maximum absolute atomic E-state index is 12.7. The molecule has 1 aromatic carbocycles. The van der Waals surface area contributed by atoms with Gasteiger partial charge < -0.3 is 78.9 Å². The fourth-order valence-electron chi connectivity index (χ4n) is 5.64. The minimum Gasteiger partial charge on any atom is -0.790 e. The van der Waals surface area contributed by atoms with Gasteiger partial charge in [-0.3, -0.25) is 28.1 Å². The lowest BCUT2D eigenvalue weighted by Gasteiger charge is -2.36. The monoisotopic (exact) mass is 964 g/mol. The van der Waals surface area contributed by atoms with E-state index in [0.717, 1.165) is 34.5 Å². The van der Waals surface area contributed by atoms with Crippen LogP contribution in [0.2, 0.25) is 0 Å². The highest BCUT2D eigenvalue weighted by Crippen LogP contribution is 2.56. The number of nitrogen functional groups attached to an aromatic ring is 1. The number of imidazole rings is 1. The molecule has 348 valence electrons. The number of hydrogen-bond donors (Lipinski definition) is 5. The Morgan fingerprint density at radius 3 is 2.43 bits per heavy atom. The molecule has 63 heavy (non-hydrogen) atoms. The number of anilines is 1. The standard InChI is InChI=1S/C33H46N7O19P3S/c1-18-5-4-6-19(11-18)12-20(13-23(42)43)32(47)63-10-9-35-22(41)7-8-36-30(46)27(45)33(2,3)15-56-62(53,54)59-61(51,52)55-14-21-26(58-60(48,49)50)25(44)31(57-21)40-17-39-24-28(34)37-16-38-29(24)40/h4-6,11-12,16-17,21,25-27,31,44-45H,7-10,13-15H2,1-3H3,(H,35,41)(H,36,46)(H,42,43)(H,51,52)(H,53,54)(H2,34,37,38)(H2,48,49,50)/p-5/b20-12+/t21-,25-,26-,27+,31-/m1/s1. The molecule has 1 aliphatic rings. The quantitative estimate of drug-likeness (QED) is 0.0352. The number of aliphatic hydroxyl groups is 2. The number of aryl methyl sites for hydroxylation is 1. The van der Waals surface area contributed by atoms with Crippen LogP contribution in [0.25, 0.3) is 17.2 Å². The molecule has 2 unspecified atom stereocenters. The Bertz CT molecular complexity index is 2330. The van der Waals surface area contributed by atoms with Gasteiger partial charge in [-0.25, -0.2) is 19.3 Å². The van der Waals surface area contributed by atoms with Crippen molar-refractivity contribution in [2.75, 3.05) is 37.8 Å². The highest BCUT2D eigenvalue weighted by Gasteiger charge is 2.47. The molecule has 0 spiro atoms. The van der Waals surface area contributed by atoms with Crippen molar-refractivity contribution in [3.05, 3.63) is 53.6 Å². The van der Waals surface area contributed by atoms with E-state index in [4.69, 9.17) is 10.5 Å². The van der Waals surface area contributed by atoms with E-state index in [1.165, 1.54) is 19.9 Å². The number of thioether (sulfide) groups is 1. The highest BCUT2D eigenvalue weighted by atomic mass is 32.2. The summed E-state index contributed by atoms with van der Waals surface area (Å²) in [7, 11) is -17.7. The van der Waals surface area contributed by atoms with Crippen LogP contribution in [0.4, 0.5) is 5.82 Å². The van der Waals surface area contributed by atoms with Gasteiger partial charge in [0.1, 0.15) is 36.3 Å². The van der Waals surface area contributed by atoms with Crippen LogP contribution in [-0.2, 0) is 55.5 Å². The number of rotatable bonds is 23. The van der Waals surface area contributed by atoms with Crippen molar-refractivity contribution in [2.24, 2.45) is 5.41 Å². The van der Waals surface area contributed by atoms with Crippen LogP contribution in [0, 0.1) is 12.3 Å². The summed E-state index contributed by atoms with van der Waals surface area (Å²) in [5, 5.41) is 36.9. The Balaban J connectivity index is 1.22. The van der Waals surface area contributed by atoms with Crippen molar-refractivity contribution in [1.82, 2.24) is 30.2 Å². The molecule has 0 saturated carbocycles. The lowest BCUT2D eigenvalue weighted by Crippen LogP contribution is -2.46. The number of carboxylic acids is 1. The molecule has 0 aliphatic carbocycles. The third-order valence-corrected chi connectivity index (χ3v) is 12.6. The van der Waals surface area contributed by atoms with Crippen LogP contribution < -0.4 is 41.0 Å². The number of ether oxygens (including phenoxy) is 1. The normalized spacial score (nSPS) is 20.7. The largest absolute Gasteiger partial charge is 0.790 e. The molecule has 30 heteroatoms. The fraction of sp³-hybridized carbons (Fsp3) is 0.485. The first kappa shape index (κ1) is 51.6. The maximum Gasteiger partial charge on any atom is 0.274 e. The van der Waals surface area contributed by atoms with Crippen molar-refractivity contribution in [3.63, 3.8) is 0 Å². The number of nitrogens with zero attached hydrogens (tertiary/aromatic N) is 4. The number of phosphoric acid groups is 3. The number of nitrogens with two attached hydrogens (primary N) is 1. The summed E-state index contributed by atoms with van der Waals surface area (Å²) in [6, 6.07) is 7.04. The number of fused-ring (bicyclic) bond motifs is 1. The van der Waals surface area contributed by atoms with E-state index < -0.39 is 102 Å². The van der Waals surface area contributed by atoms with Crippen molar-refractivity contribution in [3.8, 4) is 0 Å². The zero-order chi connectivity index (χ0) is 46.9. The Hall–Kier alpha value is -4.01. The third-order valence-electron chi connectivity index (χ3n) is 8.69. The van der Waals surface area contributed by atoms with Gasteiger partial charge in [0, 0.05) is 48.6 Å². The maximum atomic E-state index is 12.7. The first-order valence-electron chi connectivity index (χ1n) is 18.2. The minimum absolute atomic E-state index is 0.00577. The van der Waals surface area contributed by atoms with Gasteiger partial charge in [-0.2, -0.15) is 0 Å². The van der Waals surface area contributed by atoms with Crippen LogP contribution in [0.3, 0.4) is 0 Å². The van der Waals surface area contributed by atoms with E-state index in [2.05, 4.69) is 43.5 Å². The van der Waals surface area contributed by atoms with Crippen LogP contribution in [0.5, 0.6) is 0 Å². The summed E-state index contributed by atoms with van der Waals surface area (Å²) in [5.41, 5.74) is 5.50. The van der Waals surface area contributed by atoms with Gasteiger partial charge in [0.15, 0.2) is 17.7 Å². The topological polar surface area (TPSA) is 415 Å². The second-order valence-corrected chi connectivity index (χ2v) is 19.4. The van der Waals surface area contributed by atoms with E-state index in [1.54, 1.807) is 18.2 Å². The molecule has 26 nitrogen and oxygen atoms in total. The van der Waals surface area contributed by atoms with Crippen molar-refractivity contribution in [2.45, 2.75) is 64.3 Å². The number of aliphatic hydroxyl groups excluding tert-OH is 2. The number of hydrogen-bond acceptors (Lipinski definition) is 24. The van der Waals surface area contributed by atoms with Gasteiger partial charge in [-0.1, -0.05) is 55.4 Å². The molecule has 3 heterocycles. The van der Waals surface area contributed by atoms with Crippen LogP contribution in [0.1, 0.15) is 44.0 Å². The van der Waals surface area contributed by atoms with E-state index in [9.17, 15) is 67.8 Å². The number of benzene rings is 1. The smallest absolute Gasteiger partial charge is 0.274 e. The summed E-state index contributed by atoms with van der Waals surface area (Å²) < 4.78 is 60.6. The Labute approximate surface area is 362 Å². The van der Waals surface area contributed by atoms with Gasteiger partial charge in [0.25, 0.3) is 15.6 Å². The van der Waals surface area contributed by atoms with Gasteiger partial charge >= 0.3 is 0 Å². The molecule has 2 aromatic heterocycles. The van der Waals surface area contributed by atoms with E-state index in [0.29, 0.717) is 5.56 Å². The third kappa shape index (κ3) is 15.6. The second-order valence-electron chi connectivity index (χ2n) is 14.3. The summed E-state index contributed by atoms with van der Waals surface area (Å²) in [4.78, 5) is 108. The summed E-state index contributed by atoms with van der Waals surface area (Å²) in [6.45, 7) is 1.51. The van der Waals surface area contributed by atoms with Crippen LogP contribution in [-0.4, -0.2) is 109 Å². The summed E-state index contributed by atoms with van der Waals surface area (Å²) in [5.74, 6) is -3.10. The van der Waals surface area contributed by atoms with Crippen LogP contribution in [0.15, 0.2) is 42.5 Å². The molecular formula is C33H41N7O19P3S-5. The molecule has 0 radical (unpaired) electrons. The van der Waals surface area contributed by atoms with Gasteiger partial charge in [0.2, 0.25) is 16.9 Å². The van der Waals surface area contributed by atoms with Crippen LogP contribution >= 0.6 is 35.2 Å². The van der Waals surface area contributed by atoms with Crippen molar-refractivity contribution in [1.29, 1.82) is 0 Å². The van der Waals surface area contributed by atoms with Gasteiger partial charge in [0.05, 0.1) is 27.4 Å². The lowest BCUT2D eigenvalue weighted by molar-refractivity contribution is -0.347. The first-order valence-corrected chi connectivity index (χ1v) is 23.6. The number of aliphatic carboxylic acids is 1. The molecule has 7 atom stereocenters. The number of carboxylic acid groups (broad SMARTS) is 1. The SMILES string of the molecule is Cc1cccc(/C=C(\CC(=O)[O-])C(=O)SCCNC(=O)CCNC(=O)[C@H](O)C(C)(C)COP(=O)([O-])OP(=O)([O-])OC[C@H]2O[C@@H](n3cnc4c(N)ncnc43)[C@H](O)[C@@H]2OP(=O)([O-])[O-])c1. The Morgan fingerprint density at radius 2 is 1.76 bits per heavy atom. The van der Waals surface area contributed by atoms with E-state index in [1.807, 2.05) is 13.0 Å². The molecule has 6 N–H and O–H groups in total. The fourth-order valence-corrected chi connectivity index (χ4v) is 9.08. The molecule has 3 aromatic rings. The zero-order valence-corrected chi connectivity index (χ0v) is 36.8. The summed E-state index contributed by atoms with van der Waals surface area (Å²) in [6.07, 6.45) is -7.03. The predicted molar refractivity (Wildman–Crippen MR) is 207 cm³/mol. The average molecular weight is 965 g/mol. The molecule has 1 saturated heterocycles. The number of nitrogens with one attached hydrogen (secondary N) is 2. The zero-order valence-electron chi connectivity index (χ0n) is 33.3.